The molecule has 4 N–H and O–H groups in total. The second kappa shape index (κ2) is 4.31. The van der Waals surface area contributed by atoms with Crippen LogP contribution in [0.5, 0.6) is 5.88 Å². The number of aromatic nitrogens is 1. The molecule has 9 heteroatoms. The van der Waals surface area contributed by atoms with Gasteiger partial charge in [-0.3, -0.25) is 4.79 Å². The van der Waals surface area contributed by atoms with Crippen LogP contribution in [0, 0.1) is 3.57 Å². The van der Waals surface area contributed by atoms with E-state index in [0.29, 0.717) is 0 Å². The van der Waals surface area contributed by atoms with Crippen molar-refractivity contribution in [3.63, 3.8) is 0 Å². The SMILES string of the molecule is NC(=O)c1cc(OC(F)(F)F)nc(N)c1I. The molecule has 0 radical (unpaired) electrons. The van der Waals surface area contributed by atoms with Crippen LogP contribution in [0.3, 0.4) is 0 Å². The van der Waals surface area contributed by atoms with Crippen LogP contribution in [0.4, 0.5) is 19.0 Å². The maximum atomic E-state index is 11.9. The molecule has 0 unspecified atom stereocenters. The Morgan fingerprint density at radius 1 is 1.50 bits per heavy atom. The largest absolute Gasteiger partial charge is 0.574 e. The molecule has 0 atom stereocenters. The minimum absolute atomic E-state index is 0.174. The van der Waals surface area contributed by atoms with E-state index in [4.69, 9.17) is 11.5 Å². The third-order valence-corrected chi connectivity index (χ3v) is 2.58. The second-order valence-corrected chi connectivity index (χ2v) is 3.70. The van der Waals surface area contributed by atoms with E-state index in [1.807, 2.05) is 0 Å². The van der Waals surface area contributed by atoms with Crippen molar-refractivity contribution in [3.05, 3.63) is 15.2 Å². The van der Waals surface area contributed by atoms with Crippen molar-refractivity contribution >= 4 is 34.3 Å². The Labute approximate surface area is 101 Å². The summed E-state index contributed by atoms with van der Waals surface area (Å²) in [6.45, 7) is 0. The normalized spacial score (nSPS) is 11.2. The van der Waals surface area contributed by atoms with Crippen LogP contribution in [-0.2, 0) is 0 Å². The summed E-state index contributed by atoms with van der Waals surface area (Å²) in [7, 11) is 0. The first-order valence-electron chi connectivity index (χ1n) is 3.72. The smallest absolute Gasteiger partial charge is 0.388 e. The lowest BCUT2D eigenvalue weighted by atomic mass is 10.2. The zero-order valence-electron chi connectivity index (χ0n) is 7.51. The molecule has 0 saturated carbocycles. The Bertz CT molecular complexity index is 436. The molecule has 1 aromatic rings. The molecule has 1 heterocycles. The fraction of sp³-hybridized carbons (Fsp3) is 0.143. The summed E-state index contributed by atoms with van der Waals surface area (Å²) in [6, 6.07) is 0.786. The molecule has 1 aromatic heterocycles. The van der Waals surface area contributed by atoms with Gasteiger partial charge >= 0.3 is 6.36 Å². The Kier molecular flexibility index (Phi) is 3.45. The molecule has 88 valence electrons. The van der Waals surface area contributed by atoms with E-state index in [1.54, 1.807) is 22.6 Å². The lowest BCUT2D eigenvalue weighted by Gasteiger charge is -2.10. The first kappa shape index (κ1) is 12.8. The highest BCUT2D eigenvalue weighted by molar-refractivity contribution is 14.1. The van der Waals surface area contributed by atoms with Gasteiger partial charge in [0.1, 0.15) is 5.82 Å². The summed E-state index contributed by atoms with van der Waals surface area (Å²) in [4.78, 5) is 14.2. The number of ether oxygens (including phenoxy) is 1. The quantitative estimate of drug-likeness (QED) is 0.789. The number of hydrogen-bond donors (Lipinski definition) is 2. The van der Waals surface area contributed by atoms with E-state index in [2.05, 4.69) is 9.72 Å². The standard InChI is InChI=1S/C7H5F3IN3O2/c8-7(9,10)16-3-1-2(6(13)15)4(11)5(12)14-3/h1H,(H2,12,14)(H2,13,15). The molecular weight excluding hydrogens is 342 g/mol. The molecule has 0 spiro atoms. The van der Waals surface area contributed by atoms with E-state index in [-0.39, 0.29) is 15.0 Å². The number of amides is 1. The molecule has 0 aliphatic heterocycles. The van der Waals surface area contributed by atoms with Gasteiger partial charge in [0, 0.05) is 6.07 Å². The van der Waals surface area contributed by atoms with E-state index >= 15 is 0 Å². The highest BCUT2D eigenvalue weighted by atomic mass is 127. The van der Waals surface area contributed by atoms with Crippen LogP contribution in [0.1, 0.15) is 10.4 Å². The van der Waals surface area contributed by atoms with Crippen molar-refractivity contribution in [2.75, 3.05) is 5.73 Å². The number of halogens is 4. The van der Waals surface area contributed by atoms with Crippen LogP contribution < -0.4 is 16.2 Å². The maximum absolute atomic E-state index is 11.9. The molecule has 0 fully saturated rings. The average Bonchev–Trinajstić information content (AvgIpc) is 2.07. The fourth-order valence-corrected chi connectivity index (χ4v) is 1.42. The number of rotatable bonds is 2. The molecule has 0 bridgehead atoms. The Balaban J connectivity index is 3.19. The molecule has 1 rings (SSSR count). The number of nitrogens with two attached hydrogens (primary N) is 2. The summed E-state index contributed by atoms with van der Waals surface area (Å²) in [5, 5.41) is 0. The summed E-state index contributed by atoms with van der Waals surface area (Å²) >= 11 is 1.65. The molecular formula is C7H5F3IN3O2. The Morgan fingerprint density at radius 3 is 2.50 bits per heavy atom. The zero-order valence-corrected chi connectivity index (χ0v) is 9.67. The molecule has 0 aromatic carbocycles. The molecule has 16 heavy (non-hydrogen) atoms. The number of hydrogen-bond acceptors (Lipinski definition) is 4. The highest BCUT2D eigenvalue weighted by Gasteiger charge is 2.32. The second-order valence-electron chi connectivity index (χ2n) is 2.62. The number of alkyl halides is 3. The van der Waals surface area contributed by atoms with Crippen LogP contribution in [0.25, 0.3) is 0 Å². The summed E-state index contributed by atoms with van der Waals surface area (Å²) in [6.07, 6.45) is -4.90. The minimum Gasteiger partial charge on any atom is -0.388 e. The summed E-state index contributed by atoms with van der Waals surface area (Å²) in [5.74, 6) is -1.99. The van der Waals surface area contributed by atoms with Gasteiger partial charge in [0.05, 0.1) is 9.13 Å². The molecule has 0 aliphatic rings. The number of pyridine rings is 1. The van der Waals surface area contributed by atoms with Crippen molar-refractivity contribution in [2.45, 2.75) is 6.36 Å². The number of anilines is 1. The van der Waals surface area contributed by atoms with Crippen LogP contribution in [-0.4, -0.2) is 17.3 Å². The van der Waals surface area contributed by atoms with E-state index in [0.717, 1.165) is 6.07 Å². The van der Waals surface area contributed by atoms with Gasteiger partial charge in [0.25, 0.3) is 0 Å². The van der Waals surface area contributed by atoms with Crippen molar-refractivity contribution in [3.8, 4) is 5.88 Å². The highest BCUT2D eigenvalue weighted by Crippen LogP contribution is 2.26. The van der Waals surface area contributed by atoms with Gasteiger partial charge in [-0.2, -0.15) is 4.98 Å². The molecule has 5 nitrogen and oxygen atoms in total. The minimum atomic E-state index is -4.90. The van der Waals surface area contributed by atoms with Gasteiger partial charge in [-0.05, 0) is 22.6 Å². The fourth-order valence-electron chi connectivity index (χ4n) is 0.875. The van der Waals surface area contributed by atoms with Gasteiger partial charge in [-0.15, -0.1) is 13.2 Å². The third-order valence-electron chi connectivity index (χ3n) is 1.45. The number of nitrogens with zero attached hydrogens (tertiary/aromatic N) is 1. The first-order valence-corrected chi connectivity index (χ1v) is 4.80. The van der Waals surface area contributed by atoms with Gasteiger partial charge in [0.2, 0.25) is 11.8 Å². The summed E-state index contributed by atoms with van der Waals surface area (Å²) in [5.41, 5.74) is 10.1. The van der Waals surface area contributed by atoms with E-state index in [9.17, 15) is 18.0 Å². The lowest BCUT2D eigenvalue weighted by molar-refractivity contribution is -0.276. The monoisotopic (exact) mass is 347 g/mol. The van der Waals surface area contributed by atoms with Gasteiger partial charge < -0.3 is 16.2 Å². The van der Waals surface area contributed by atoms with Crippen molar-refractivity contribution in [1.29, 1.82) is 0 Å². The van der Waals surface area contributed by atoms with Gasteiger partial charge in [-0.1, -0.05) is 0 Å². The van der Waals surface area contributed by atoms with E-state index < -0.39 is 18.1 Å². The Hall–Kier alpha value is -1.26. The number of carbonyl (C=O) groups excluding carboxylic acids is 1. The van der Waals surface area contributed by atoms with E-state index in [1.165, 1.54) is 0 Å². The van der Waals surface area contributed by atoms with Crippen molar-refractivity contribution in [1.82, 2.24) is 4.98 Å². The maximum Gasteiger partial charge on any atom is 0.574 e. The predicted octanol–water partition coefficient (Wildman–Crippen LogP) is 1.27. The number of primary amides is 1. The first-order chi connectivity index (χ1) is 7.20. The predicted molar refractivity (Wildman–Crippen MR) is 56.6 cm³/mol. The summed E-state index contributed by atoms with van der Waals surface area (Å²) < 4.78 is 39.4. The zero-order chi connectivity index (χ0) is 12.5. The molecule has 0 saturated heterocycles. The van der Waals surface area contributed by atoms with Crippen molar-refractivity contribution < 1.29 is 22.7 Å². The molecule has 1 amide bonds. The number of nitrogen functional groups attached to an aromatic ring is 1. The van der Waals surface area contributed by atoms with Crippen LogP contribution in [0.15, 0.2) is 6.07 Å². The van der Waals surface area contributed by atoms with Gasteiger partial charge in [-0.25, -0.2) is 0 Å². The Morgan fingerprint density at radius 2 is 2.06 bits per heavy atom. The van der Waals surface area contributed by atoms with Crippen LogP contribution in [0.2, 0.25) is 0 Å². The van der Waals surface area contributed by atoms with Crippen LogP contribution >= 0.6 is 22.6 Å². The topological polar surface area (TPSA) is 91.2 Å². The molecule has 0 aliphatic carbocycles. The van der Waals surface area contributed by atoms with Crippen molar-refractivity contribution in [2.24, 2.45) is 5.73 Å². The lowest BCUT2D eigenvalue weighted by Crippen LogP contribution is -2.20. The number of carbonyl (C=O) groups is 1. The average molecular weight is 347 g/mol. The third kappa shape index (κ3) is 3.12. The van der Waals surface area contributed by atoms with Gasteiger partial charge in [0.15, 0.2) is 0 Å².